The zero-order chi connectivity index (χ0) is 42.2. The number of para-hydroxylation sites is 1. The Labute approximate surface area is 368 Å². The summed E-state index contributed by atoms with van der Waals surface area (Å²) in [6, 6.07) is 85.2. The lowest BCUT2D eigenvalue weighted by molar-refractivity contribution is 1.07. The van der Waals surface area contributed by atoms with Crippen LogP contribution in [0.2, 0.25) is 0 Å². The van der Waals surface area contributed by atoms with Crippen LogP contribution in [-0.4, -0.2) is 27.6 Å². The van der Waals surface area contributed by atoms with Crippen LogP contribution in [0.1, 0.15) is 5.56 Å². The summed E-state index contributed by atoms with van der Waals surface area (Å²) in [6.45, 7) is 2.17. The first kappa shape index (κ1) is 38.0. The van der Waals surface area contributed by atoms with Gasteiger partial charge in [0.2, 0.25) is 0 Å². The molecular formula is C58H42N4Si. The molecule has 0 N–H and O–H groups in total. The third-order valence-electron chi connectivity index (χ3n) is 12.3. The van der Waals surface area contributed by atoms with E-state index in [1.165, 1.54) is 37.1 Å². The molecule has 0 aliphatic heterocycles. The predicted molar refractivity (Wildman–Crippen MR) is 264 cm³/mol. The minimum absolute atomic E-state index is 0.610. The SMILES string of the molecule is Cc1ccc2c(c1)c1ccccc1n2-c1cccc(-c2nc(-c3ccccc3)nc(-c3ccccc3)n2)c1-c1cccc([Si](c2ccccc2)(c2ccccc2)c2ccccc2)c1. The van der Waals surface area contributed by atoms with Crippen molar-refractivity contribution in [3.8, 4) is 51.0 Å². The molecule has 0 unspecified atom stereocenters. The van der Waals surface area contributed by atoms with Crippen LogP contribution >= 0.6 is 0 Å². The van der Waals surface area contributed by atoms with Gasteiger partial charge in [-0.1, -0.05) is 218 Å². The number of aromatic nitrogens is 4. The summed E-state index contributed by atoms with van der Waals surface area (Å²) in [7, 11) is -2.89. The summed E-state index contributed by atoms with van der Waals surface area (Å²) in [5.41, 5.74) is 9.47. The molecule has 0 amide bonds. The van der Waals surface area contributed by atoms with Gasteiger partial charge in [-0.3, -0.25) is 0 Å². The maximum atomic E-state index is 5.34. The van der Waals surface area contributed by atoms with Crippen molar-refractivity contribution in [2.24, 2.45) is 0 Å². The number of nitrogens with zero attached hydrogens (tertiary/aromatic N) is 4. The van der Waals surface area contributed by atoms with Crippen molar-refractivity contribution >= 4 is 50.6 Å². The Hall–Kier alpha value is -7.99. The largest absolute Gasteiger partial charge is 0.309 e. The third kappa shape index (κ3) is 6.67. The van der Waals surface area contributed by atoms with Gasteiger partial charge in [0.05, 0.1) is 16.7 Å². The molecule has 298 valence electrons. The standard InChI is InChI=1S/C58H42N4Si/c1-41-37-38-53-51(39-41)49-33-17-18-35-52(49)62(53)54-36-20-34-50(58-60-56(42-21-7-2-8-22-42)59-57(61-58)43-23-9-3-10-24-43)55(54)44-25-19-32-48(40-44)63(45-26-11-4-12-27-45,46-28-13-5-14-29-46)47-30-15-6-16-31-47/h2-40H,1H3. The second-order valence-electron chi connectivity index (χ2n) is 16.0. The van der Waals surface area contributed by atoms with E-state index < -0.39 is 8.07 Å². The normalized spacial score (nSPS) is 11.6. The van der Waals surface area contributed by atoms with Crippen LogP contribution in [0.3, 0.4) is 0 Å². The monoisotopic (exact) mass is 822 g/mol. The summed E-state index contributed by atoms with van der Waals surface area (Å²) in [6.07, 6.45) is 0. The van der Waals surface area contributed by atoms with Gasteiger partial charge < -0.3 is 4.57 Å². The fraction of sp³-hybridized carbons (Fsp3) is 0.0172. The lowest BCUT2D eigenvalue weighted by Crippen LogP contribution is -2.74. The molecule has 0 saturated carbocycles. The highest BCUT2D eigenvalue weighted by Crippen LogP contribution is 2.41. The molecule has 0 bridgehead atoms. The molecule has 9 aromatic carbocycles. The highest BCUT2D eigenvalue weighted by Gasteiger charge is 2.41. The molecule has 63 heavy (non-hydrogen) atoms. The van der Waals surface area contributed by atoms with Crippen molar-refractivity contribution in [3.63, 3.8) is 0 Å². The summed E-state index contributed by atoms with van der Waals surface area (Å²) in [5.74, 6) is 1.86. The summed E-state index contributed by atoms with van der Waals surface area (Å²) >= 11 is 0. The van der Waals surface area contributed by atoms with Crippen molar-refractivity contribution in [1.29, 1.82) is 0 Å². The van der Waals surface area contributed by atoms with Gasteiger partial charge in [0.15, 0.2) is 25.5 Å². The number of aryl methyl sites for hydroxylation is 1. The fourth-order valence-electron chi connectivity index (χ4n) is 9.46. The van der Waals surface area contributed by atoms with Gasteiger partial charge in [0.1, 0.15) is 0 Å². The van der Waals surface area contributed by atoms with Gasteiger partial charge in [-0.05, 0) is 57.5 Å². The van der Waals surface area contributed by atoms with Crippen molar-refractivity contribution in [1.82, 2.24) is 19.5 Å². The first-order valence-corrected chi connectivity index (χ1v) is 23.4. The minimum atomic E-state index is -2.89. The molecule has 2 aromatic heterocycles. The molecule has 0 aliphatic rings. The van der Waals surface area contributed by atoms with Gasteiger partial charge in [0.25, 0.3) is 0 Å². The molecule has 0 spiro atoms. The number of benzene rings is 9. The maximum Gasteiger partial charge on any atom is 0.179 e. The van der Waals surface area contributed by atoms with Crippen molar-refractivity contribution in [2.45, 2.75) is 6.92 Å². The van der Waals surface area contributed by atoms with E-state index in [0.29, 0.717) is 17.5 Å². The summed E-state index contributed by atoms with van der Waals surface area (Å²) in [5, 5.41) is 7.68. The lowest BCUT2D eigenvalue weighted by Gasteiger charge is -2.34. The van der Waals surface area contributed by atoms with Crippen molar-refractivity contribution in [2.75, 3.05) is 0 Å². The van der Waals surface area contributed by atoms with E-state index in [-0.39, 0.29) is 0 Å². The second kappa shape index (κ2) is 16.1. The molecule has 5 heteroatoms. The average Bonchev–Trinajstić information content (AvgIpc) is 3.68. The molecule has 2 heterocycles. The van der Waals surface area contributed by atoms with E-state index in [9.17, 15) is 0 Å². The topological polar surface area (TPSA) is 43.6 Å². The second-order valence-corrected chi connectivity index (χ2v) is 19.8. The molecule has 11 aromatic rings. The van der Waals surface area contributed by atoms with Crippen LogP contribution in [0, 0.1) is 6.92 Å². The Balaban J connectivity index is 1.25. The first-order valence-electron chi connectivity index (χ1n) is 21.4. The number of fused-ring (bicyclic) bond motifs is 3. The van der Waals surface area contributed by atoms with Crippen molar-refractivity contribution in [3.05, 3.63) is 242 Å². The van der Waals surface area contributed by atoms with Crippen LogP contribution in [0.5, 0.6) is 0 Å². The quantitative estimate of drug-likeness (QED) is 0.108. The first-order chi connectivity index (χ1) is 31.2. The summed E-state index contributed by atoms with van der Waals surface area (Å²) < 4.78 is 2.43. The zero-order valence-corrected chi connectivity index (χ0v) is 35.8. The van der Waals surface area contributed by atoms with Crippen LogP contribution in [-0.2, 0) is 0 Å². The Kier molecular flexibility index (Phi) is 9.72. The highest BCUT2D eigenvalue weighted by atomic mass is 28.3. The number of rotatable bonds is 9. The zero-order valence-electron chi connectivity index (χ0n) is 34.8. The Bertz CT molecular complexity index is 3230. The molecule has 0 aliphatic carbocycles. The van der Waals surface area contributed by atoms with Crippen LogP contribution < -0.4 is 20.7 Å². The molecule has 11 rings (SSSR count). The summed E-state index contributed by atoms with van der Waals surface area (Å²) in [4.78, 5) is 15.8. The lowest BCUT2D eigenvalue weighted by atomic mass is 9.96. The van der Waals surface area contributed by atoms with E-state index in [4.69, 9.17) is 15.0 Å². The van der Waals surface area contributed by atoms with Gasteiger partial charge in [0, 0.05) is 33.0 Å². The fourth-order valence-corrected chi connectivity index (χ4v) is 14.3. The Morgan fingerprint density at radius 1 is 0.349 bits per heavy atom. The third-order valence-corrected chi connectivity index (χ3v) is 17.0. The van der Waals surface area contributed by atoms with Gasteiger partial charge >= 0.3 is 0 Å². The number of hydrogen-bond donors (Lipinski definition) is 0. The van der Waals surface area contributed by atoms with E-state index in [1.807, 2.05) is 36.4 Å². The van der Waals surface area contributed by atoms with Crippen LogP contribution in [0.25, 0.3) is 72.8 Å². The van der Waals surface area contributed by atoms with E-state index in [2.05, 4.69) is 212 Å². The molecule has 0 atom stereocenters. The van der Waals surface area contributed by atoms with Gasteiger partial charge in [-0.25, -0.2) is 15.0 Å². The average molecular weight is 823 g/mol. The van der Waals surface area contributed by atoms with Crippen molar-refractivity contribution < 1.29 is 0 Å². The van der Waals surface area contributed by atoms with Gasteiger partial charge in [-0.15, -0.1) is 0 Å². The van der Waals surface area contributed by atoms with E-state index in [0.717, 1.165) is 44.5 Å². The highest BCUT2D eigenvalue weighted by molar-refractivity contribution is 7.19. The maximum absolute atomic E-state index is 5.34. The molecule has 0 fully saturated rings. The van der Waals surface area contributed by atoms with E-state index >= 15 is 0 Å². The molecule has 0 saturated heterocycles. The Morgan fingerprint density at radius 2 is 0.810 bits per heavy atom. The van der Waals surface area contributed by atoms with Gasteiger partial charge in [-0.2, -0.15) is 0 Å². The van der Waals surface area contributed by atoms with E-state index in [1.54, 1.807) is 0 Å². The van der Waals surface area contributed by atoms with Crippen LogP contribution in [0.4, 0.5) is 0 Å². The Morgan fingerprint density at radius 3 is 1.40 bits per heavy atom. The molecular weight excluding hydrogens is 781 g/mol. The smallest absolute Gasteiger partial charge is 0.179 e. The predicted octanol–water partition coefficient (Wildman–Crippen LogP) is 11.3. The molecule has 4 nitrogen and oxygen atoms in total. The minimum Gasteiger partial charge on any atom is -0.309 e. The number of hydrogen-bond acceptors (Lipinski definition) is 3. The van der Waals surface area contributed by atoms with Crippen LogP contribution in [0.15, 0.2) is 237 Å². The molecule has 0 radical (unpaired) electrons.